The summed E-state index contributed by atoms with van der Waals surface area (Å²) in [4.78, 5) is 14.3. The van der Waals surface area contributed by atoms with Crippen molar-refractivity contribution in [3.05, 3.63) is 52.5 Å². The Balaban J connectivity index is 1.83. The van der Waals surface area contributed by atoms with Gasteiger partial charge in [-0.2, -0.15) is 5.10 Å². The third kappa shape index (κ3) is 4.83. The highest BCUT2D eigenvalue weighted by molar-refractivity contribution is 7.80. The van der Waals surface area contributed by atoms with E-state index in [4.69, 9.17) is 21.7 Å². The predicted octanol–water partition coefficient (Wildman–Crippen LogP) is 2.65. The zero-order chi connectivity index (χ0) is 21.0. The fraction of sp³-hybridized carbons (Fsp3) is 0.381. The minimum absolute atomic E-state index is 0.123. The summed E-state index contributed by atoms with van der Waals surface area (Å²) in [5.74, 6) is 0.657. The lowest BCUT2D eigenvalue weighted by atomic mass is 10.1. The zero-order valence-electron chi connectivity index (χ0n) is 17.2. The molecule has 154 valence electrons. The van der Waals surface area contributed by atoms with Gasteiger partial charge in [-0.1, -0.05) is 6.07 Å². The molecule has 1 aromatic carbocycles. The summed E-state index contributed by atoms with van der Waals surface area (Å²) < 4.78 is 12.5. The maximum atomic E-state index is 12.7. The van der Waals surface area contributed by atoms with Crippen LogP contribution in [0.2, 0.25) is 0 Å². The molecule has 1 aliphatic heterocycles. The Kier molecular flexibility index (Phi) is 6.66. The van der Waals surface area contributed by atoms with Crippen molar-refractivity contribution < 1.29 is 14.3 Å². The van der Waals surface area contributed by atoms with Crippen LogP contribution in [0, 0.1) is 13.8 Å². The Morgan fingerprint density at radius 1 is 1.24 bits per heavy atom. The molecule has 0 bridgehead atoms. The number of nitrogens with zero attached hydrogens (tertiary/aromatic N) is 3. The highest BCUT2D eigenvalue weighted by atomic mass is 32.1. The molecular weight excluding hydrogens is 388 g/mol. The minimum Gasteiger partial charge on any atom is -0.496 e. The van der Waals surface area contributed by atoms with Crippen molar-refractivity contribution in [3.8, 4) is 5.75 Å². The van der Waals surface area contributed by atoms with Gasteiger partial charge in [0, 0.05) is 31.5 Å². The molecule has 2 heterocycles. The van der Waals surface area contributed by atoms with E-state index < -0.39 is 0 Å². The monoisotopic (exact) mass is 414 g/mol. The predicted molar refractivity (Wildman–Crippen MR) is 116 cm³/mol. The first-order valence-electron chi connectivity index (χ1n) is 9.44. The van der Waals surface area contributed by atoms with Crippen LogP contribution in [-0.4, -0.2) is 53.1 Å². The van der Waals surface area contributed by atoms with Crippen LogP contribution >= 0.6 is 12.2 Å². The smallest absolute Gasteiger partial charge is 0.276 e. The summed E-state index contributed by atoms with van der Waals surface area (Å²) in [6.45, 7) is 5.70. The first kappa shape index (κ1) is 21.0. The topological polar surface area (TPSA) is 68.6 Å². The van der Waals surface area contributed by atoms with Gasteiger partial charge in [-0.25, -0.2) is 0 Å². The normalized spacial score (nSPS) is 15.3. The number of carbonyl (C=O) groups is 1. The fourth-order valence-corrected chi connectivity index (χ4v) is 3.60. The Labute approximate surface area is 176 Å². The van der Waals surface area contributed by atoms with E-state index in [9.17, 15) is 4.79 Å². The molecule has 1 aromatic heterocycles. The molecule has 29 heavy (non-hydrogen) atoms. The minimum atomic E-state index is -0.123. The number of methoxy groups -OCH3 is 2. The van der Waals surface area contributed by atoms with E-state index in [1.165, 1.54) is 0 Å². The van der Waals surface area contributed by atoms with Crippen LogP contribution < -0.4 is 10.1 Å². The molecule has 7 nitrogen and oxygen atoms in total. The average Bonchev–Trinajstić information content (AvgIpc) is 3.14. The van der Waals surface area contributed by atoms with Crippen LogP contribution in [0.3, 0.4) is 0 Å². The first-order chi connectivity index (χ1) is 13.9. The number of amides is 1. The number of aromatic nitrogens is 2. The molecule has 0 radical (unpaired) electrons. The third-order valence-electron chi connectivity index (χ3n) is 4.73. The van der Waals surface area contributed by atoms with Crippen LogP contribution in [0.25, 0.3) is 6.08 Å². The molecule has 8 heteroatoms. The van der Waals surface area contributed by atoms with Gasteiger partial charge in [-0.15, -0.1) is 0 Å². The van der Waals surface area contributed by atoms with Gasteiger partial charge in [-0.05, 0) is 62.3 Å². The third-order valence-corrected chi connectivity index (χ3v) is 5.05. The van der Waals surface area contributed by atoms with Crippen molar-refractivity contribution in [1.29, 1.82) is 0 Å². The lowest BCUT2D eigenvalue weighted by Gasteiger charge is -2.13. The molecule has 1 amide bonds. The number of hydrogen-bond donors (Lipinski definition) is 1. The Bertz CT molecular complexity index is 951. The second-order valence-electron chi connectivity index (χ2n) is 6.95. The maximum absolute atomic E-state index is 12.7. The second kappa shape index (κ2) is 9.19. The maximum Gasteiger partial charge on any atom is 0.276 e. The number of thiocarbonyl (C=S) groups is 1. The van der Waals surface area contributed by atoms with Crippen molar-refractivity contribution in [2.24, 2.45) is 0 Å². The van der Waals surface area contributed by atoms with Gasteiger partial charge >= 0.3 is 0 Å². The van der Waals surface area contributed by atoms with Gasteiger partial charge in [0.25, 0.3) is 5.91 Å². The molecule has 0 aliphatic carbocycles. The van der Waals surface area contributed by atoms with Crippen molar-refractivity contribution in [2.45, 2.75) is 26.8 Å². The Hall–Kier alpha value is -2.71. The van der Waals surface area contributed by atoms with Crippen LogP contribution in [0.15, 0.2) is 30.0 Å². The first-order valence-corrected chi connectivity index (χ1v) is 9.85. The molecular formula is C21H26N4O3S. The van der Waals surface area contributed by atoms with Gasteiger partial charge in [0.1, 0.15) is 11.4 Å². The van der Waals surface area contributed by atoms with Gasteiger partial charge in [-0.3, -0.25) is 14.4 Å². The Morgan fingerprint density at radius 3 is 2.69 bits per heavy atom. The lowest BCUT2D eigenvalue weighted by Crippen LogP contribution is -2.32. The molecule has 0 spiro atoms. The van der Waals surface area contributed by atoms with E-state index >= 15 is 0 Å². The average molecular weight is 415 g/mol. The number of nitrogens with one attached hydrogen (secondary N) is 1. The van der Waals surface area contributed by atoms with E-state index in [1.807, 2.05) is 48.9 Å². The number of aryl methyl sites for hydroxylation is 2. The molecule has 1 saturated heterocycles. The second-order valence-corrected chi connectivity index (χ2v) is 7.33. The van der Waals surface area contributed by atoms with Crippen LogP contribution in [0.5, 0.6) is 5.75 Å². The van der Waals surface area contributed by atoms with Crippen molar-refractivity contribution in [2.75, 3.05) is 27.4 Å². The van der Waals surface area contributed by atoms with Gasteiger partial charge in [0.2, 0.25) is 0 Å². The van der Waals surface area contributed by atoms with Crippen LogP contribution in [-0.2, 0) is 16.1 Å². The standard InChI is InChI=1S/C21H26N4O3S/c1-14-10-15(2)25(23-14)13-17-11-16(6-7-19(17)28-4)12-18-20(26)24(21(29)22-18)8-5-9-27-3/h6-7,10-12H,5,8-9,13H2,1-4H3,(H,22,29)/b18-12+. The molecule has 0 saturated carbocycles. The molecule has 1 fully saturated rings. The molecule has 0 unspecified atom stereocenters. The lowest BCUT2D eigenvalue weighted by molar-refractivity contribution is -0.122. The molecule has 0 atom stereocenters. The van der Waals surface area contributed by atoms with Crippen molar-refractivity contribution in [1.82, 2.24) is 20.0 Å². The van der Waals surface area contributed by atoms with Crippen molar-refractivity contribution in [3.63, 3.8) is 0 Å². The quantitative estimate of drug-likeness (QED) is 0.407. The van der Waals surface area contributed by atoms with Crippen LogP contribution in [0.1, 0.15) is 28.9 Å². The summed E-state index contributed by atoms with van der Waals surface area (Å²) in [6, 6.07) is 7.87. The summed E-state index contributed by atoms with van der Waals surface area (Å²) in [5, 5.41) is 7.97. The SMILES string of the molecule is COCCCN1C(=O)/C(=C\c2ccc(OC)c(Cn3nc(C)cc3C)c2)NC1=S. The summed E-state index contributed by atoms with van der Waals surface area (Å²) in [5.41, 5.74) is 4.40. The summed E-state index contributed by atoms with van der Waals surface area (Å²) >= 11 is 5.31. The molecule has 3 rings (SSSR count). The summed E-state index contributed by atoms with van der Waals surface area (Å²) in [7, 11) is 3.29. The summed E-state index contributed by atoms with van der Waals surface area (Å²) in [6.07, 6.45) is 2.54. The van der Waals surface area contributed by atoms with Crippen LogP contribution in [0.4, 0.5) is 0 Å². The zero-order valence-corrected chi connectivity index (χ0v) is 18.0. The molecule has 1 aliphatic rings. The Morgan fingerprint density at radius 2 is 2.03 bits per heavy atom. The van der Waals surface area contributed by atoms with Gasteiger partial charge < -0.3 is 14.8 Å². The number of carbonyl (C=O) groups excluding carboxylic acids is 1. The number of rotatable bonds is 8. The van der Waals surface area contributed by atoms with Gasteiger partial charge in [0.05, 0.1) is 19.3 Å². The fourth-order valence-electron chi connectivity index (χ4n) is 3.32. The molecule has 2 aromatic rings. The number of ether oxygens (including phenoxy) is 2. The van der Waals surface area contributed by atoms with Crippen molar-refractivity contribution >= 4 is 29.3 Å². The van der Waals surface area contributed by atoms with E-state index in [-0.39, 0.29) is 5.91 Å². The highest BCUT2D eigenvalue weighted by Crippen LogP contribution is 2.24. The number of benzene rings is 1. The highest BCUT2D eigenvalue weighted by Gasteiger charge is 2.30. The van der Waals surface area contributed by atoms with E-state index in [2.05, 4.69) is 10.4 Å². The van der Waals surface area contributed by atoms with Gasteiger partial charge in [0.15, 0.2) is 5.11 Å². The number of hydrogen-bond acceptors (Lipinski definition) is 5. The van der Waals surface area contributed by atoms with E-state index in [0.717, 1.165) is 34.7 Å². The largest absolute Gasteiger partial charge is 0.496 e. The molecule has 1 N–H and O–H groups in total. The van der Waals surface area contributed by atoms with E-state index in [0.29, 0.717) is 30.5 Å². The van der Waals surface area contributed by atoms with E-state index in [1.54, 1.807) is 19.1 Å².